The summed E-state index contributed by atoms with van der Waals surface area (Å²) in [6.07, 6.45) is 2.62. The van der Waals surface area contributed by atoms with Gasteiger partial charge in [0.2, 0.25) is 0 Å². The van der Waals surface area contributed by atoms with Crippen LogP contribution < -0.4 is 0 Å². The van der Waals surface area contributed by atoms with Crippen LogP contribution in [0.5, 0.6) is 0 Å². The van der Waals surface area contributed by atoms with Crippen molar-refractivity contribution in [3.8, 4) is 0 Å². The van der Waals surface area contributed by atoms with E-state index in [1.807, 2.05) is 36.4 Å². The van der Waals surface area contributed by atoms with E-state index in [9.17, 15) is 9.18 Å². The topological polar surface area (TPSA) is 17.1 Å². The molecule has 0 saturated heterocycles. The fourth-order valence-electron chi connectivity index (χ4n) is 3.05. The Balaban J connectivity index is 2.10. The quantitative estimate of drug-likeness (QED) is 0.739. The highest BCUT2D eigenvalue weighted by Crippen LogP contribution is 2.41. The highest BCUT2D eigenvalue weighted by Gasteiger charge is 2.28. The van der Waals surface area contributed by atoms with E-state index in [1.165, 1.54) is 6.07 Å². The van der Waals surface area contributed by atoms with Crippen molar-refractivity contribution >= 4 is 6.29 Å². The molecule has 2 heteroatoms. The second-order valence-corrected chi connectivity index (χ2v) is 5.02. The summed E-state index contributed by atoms with van der Waals surface area (Å²) >= 11 is 0. The summed E-state index contributed by atoms with van der Waals surface area (Å²) < 4.78 is 14.0. The van der Waals surface area contributed by atoms with Crippen molar-refractivity contribution in [3.05, 3.63) is 71.0 Å². The van der Waals surface area contributed by atoms with Gasteiger partial charge in [-0.1, -0.05) is 42.5 Å². The molecule has 0 amide bonds. The van der Waals surface area contributed by atoms with Gasteiger partial charge < -0.3 is 4.79 Å². The zero-order valence-electron chi connectivity index (χ0n) is 10.6. The molecule has 2 aromatic rings. The van der Waals surface area contributed by atoms with Gasteiger partial charge in [-0.05, 0) is 35.6 Å². The number of fused-ring (bicyclic) bond motifs is 1. The molecule has 1 aliphatic rings. The lowest BCUT2D eigenvalue weighted by atomic mass is 9.74. The molecule has 1 unspecified atom stereocenters. The third kappa shape index (κ3) is 2.07. The Bertz CT molecular complexity index is 606. The van der Waals surface area contributed by atoms with Crippen LogP contribution in [0, 0.1) is 5.82 Å². The van der Waals surface area contributed by atoms with Gasteiger partial charge in [0.25, 0.3) is 0 Å². The fraction of sp³-hybridized carbons (Fsp3) is 0.235. The molecule has 1 nitrogen and oxygen atoms in total. The largest absolute Gasteiger partial charge is 0.303 e. The molecule has 96 valence electrons. The summed E-state index contributed by atoms with van der Waals surface area (Å²) in [4.78, 5) is 11.2. The normalized spacial score (nSPS) is 21.7. The predicted octanol–water partition coefficient (Wildman–Crippen LogP) is 4.03. The standard InChI is InChI=1S/C17H15FO/c18-17-8-4-3-7-16(17)15-10-9-12(11-19)13-5-1-2-6-14(13)15/h1-8,11-12,15H,9-10H2/t12?,15-/m1/s1. The highest BCUT2D eigenvalue weighted by atomic mass is 19.1. The van der Waals surface area contributed by atoms with Crippen LogP contribution in [0.1, 0.15) is 41.4 Å². The van der Waals surface area contributed by atoms with Crippen LogP contribution in [-0.4, -0.2) is 6.29 Å². The van der Waals surface area contributed by atoms with Gasteiger partial charge in [-0.2, -0.15) is 0 Å². The molecule has 0 fully saturated rings. The van der Waals surface area contributed by atoms with Gasteiger partial charge in [-0.3, -0.25) is 0 Å². The number of carbonyl (C=O) groups is 1. The van der Waals surface area contributed by atoms with Crippen LogP contribution in [0.2, 0.25) is 0 Å². The number of aldehydes is 1. The maximum absolute atomic E-state index is 14.0. The molecule has 0 aromatic heterocycles. The second kappa shape index (κ2) is 4.96. The summed E-state index contributed by atoms with van der Waals surface area (Å²) in [5.41, 5.74) is 2.88. The number of hydrogen-bond donors (Lipinski definition) is 0. The first-order chi connectivity index (χ1) is 9.31. The molecule has 0 radical (unpaired) electrons. The van der Waals surface area contributed by atoms with E-state index in [1.54, 1.807) is 6.07 Å². The lowest BCUT2D eigenvalue weighted by molar-refractivity contribution is -0.109. The number of benzene rings is 2. The molecule has 0 bridgehead atoms. The van der Waals surface area contributed by atoms with Gasteiger partial charge in [-0.15, -0.1) is 0 Å². The Morgan fingerprint density at radius 1 is 0.895 bits per heavy atom. The summed E-state index contributed by atoms with van der Waals surface area (Å²) in [5, 5.41) is 0. The van der Waals surface area contributed by atoms with Crippen molar-refractivity contribution in [2.75, 3.05) is 0 Å². The monoisotopic (exact) mass is 254 g/mol. The minimum Gasteiger partial charge on any atom is -0.303 e. The highest BCUT2D eigenvalue weighted by molar-refractivity contribution is 5.65. The second-order valence-electron chi connectivity index (χ2n) is 5.02. The smallest absolute Gasteiger partial charge is 0.127 e. The molecular formula is C17H15FO. The number of carbonyl (C=O) groups excluding carboxylic acids is 1. The van der Waals surface area contributed by atoms with Gasteiger partial charge in [0.15, 0.2) is 0 Å². The van der Waals surface area contributed by atoms with Gasteiger partial charge in [0.05, 0.1) is 0 Å². The summed E-state index contributed by atoms with van der Waals surface area (Å²) in [6, 6.07) is 14.8. The lowest BCUT2D eigenvalue weighted by Crippen LogP contribution is -2.17. The van der Waals surface area contributed by atoms with Crippen molar-refractivity contribution in [1.29, 1.82) is 0 Å². The molecular weight excluding hydrogens is 239 g/mol. The van der Waals surface area contributed by atoms with E-state index < -0.39 is 0 Å². The zero-order chi connectivity index (χ0) is 13.2. The molecule has 19 heavy (non-hydrogen) atoms. The Hall–Kier alpha value is -1.96. The minimum atomic E-state index is -0.160. The van der Waals surface area contributed by atoms with Gasteiger partial charge in [0, 0.05) is 11.8 Å². The van der Waals surface area contributed by atoms with Crippen molar-refractivity contribution in [2.45, 2.75) is 24.7 Å². The molecule has 2 atom stereocenters. The van der Waals surface area contributed by atoms with E-state index in [4.69, 9.17) is 0 Å². The van der Waals surface area contributed by atoms with Crippen molar-refractivity contribution < 1.29 is 9.18 Å². The van der Waals surface area contributed by atoms with E-state index >= 15 is 0 Å². The van der Waals surface area contributed by atoms with Crippen LogP contribution in [-0.2, 0) is 4.79 Å². The average Bonchev–Trinajstić information content (AvgIpc) is 2.47. The minimum absolute atomic E-state index is 0.0424. The van der Waals surface area contributed by atoms with Crippen molar-refractivity contribution in [1.82, 2.24) is 0 Å². The Morgan fingerprint density at radius 2 is 1.53 bits per heavy atom. The van der Waals surface area contributed by atoms with Crippen LogP contribution in [0.25, 0.3) is 0 Å². The molecule has 0 saturated carbocycles. The third-order valence-corrected chi connectivity index (χ3v) is 3.98. The molecule has 0 heterocycles. The summed E-state index contributed by atoms with van der Waals surface area (Å²) in [5.74, 6) is -0.139. The van der Waals surface area contributed by atoms with E-state index in [2.05, 4.69) is 0 Å². The van der Waals surface area contributed by atoms with Crippen LogP contribution in [0.15, 0.2) is 48.5 Å². The van der Waals surface area contributed by atoms with Crippen LogP contribution in [0.4, 0.5) is 4.39 Å². The first-order valence-corrected chi connectivity index (χ1v) is 6.60. The first-order valence-electron chi connectivity index (χ1n) is 6.60. The van der Waals surface area contributed by atoms with Crippen LogP contribution in [0.3, 0.4) is 0 Å². The maximum Gasteiger partial charge on any atom is 0.127 e. The van der Waals surface area contributed by atoms with E-state index in [0.29, 0.717) is 0 Å². The SMILES string of the molecule is O=CC1CC[C@@H](c2ccccc2F)c2ccccc21. The molecule has 0 aliphatic heterocycles. The van der Waals surface area contributed by atoms with Crippen molar-refractivity contribution in [2.24, 2.45) is 0 Å². The van der Waals surface area contributed by atoms with Crippen LogP contribution >= 0.6 is 0 Å². The summed E-state index contributed by atoms with van der Waals surface area (Å²) in [6.45, 7) is 0. The Kier molecular flexibility index (Phi) is 3.16. The summed E-state index contributed by atoms with van der Waals surface area (Å²) in [7, 11) is 0. The fourth-order valence-corrected chi connectivity index (χ4v) is 3.05. The maximum atomic E-state index is 14.0. The van der Waals surface area contributed by atoms with Gasteiger partial charge >= 0.3 is 0 Å². The van der Waals surface area contributed by atoms with Crippen molar-refractivity contribution in [3.63, 3.8) is 0 Å². The van der Waals surface area contributed by atoms with E-state index in [0.717, 1.165) is 35.8 Å². The first kappa shape index (κ1) is 12.1. The molecule has 3 rings (SSSR count). The van der Waals surface area contributed by atoms with Gasteiger partial charge in [0.1, 0.15) is 12.1 Å². The molecule has 0 N–H and O–H groups in total. The number of hydrogen-bond acceptors (Lipinski definition) is 1. The average molecular weight is 254 g/mol. The third-order valence-electron chi connectivity index (χ3n) is 3.98. The molecule has 2 aromatic carbocycles. The van der Waals surface area contributed by atoms with E-state index in [-0.39, 0.29) is 17.7 Å². The lowest BCUT2D eigenvalue weighted by Gasteiger charge is -2.29. The zero-order valence-corrected chi connectivity index (χ0v) is 10.6. The van der Waals surface area contributed by atoms with Gasteiger partial charge in [-0.25, -0.2) is 4.39 Å². The molecule has 0 spiro atoms. The number of halogens is 1. The molecule has 1 aliphatic carbocycles. The number of rotatable bonds is 2. The Morgan fingerprint density at radius 3 is 2.21 bits per heavy atom. The Labute approximate surface area is 112 Å². The predicted molar refractivity (Wildman–Crippen MR) is 72.7 cm³/mol.